The number of ether oxygens (including phenoxy) is 2. The summed E-state index contributed by atoms with van der Waals surface area (Å²) in [6, 6.07) is 3.88. The molecule has 0 aromatic carbocycles. The second kappa shape index (κ2) is 8.65. The number of carbonyl (C=O) groups is 1. The van der Waals surface area contributed by atoms with Crippen LogP contribution in [0.25, 0.3) is 0 Å². The Morgan fingerprint density at radius 2 is 2.18 bits per heavy atom. The molecule has 3 aliphatic rings. The molecule has 2 saturated heterocycles. The summed E-state index contributed by atoms with van der Waals surface area (Å²) in [5, 5.41) is 7.12. The molecule has 3 fully saturated rings. The minimum absolute atomic E-state index is 0.0522. The number of carboxylic acids is 1. The molecular formula is C19H25F3N2O4. The van der Waals surface area contributed by atoms with Crippen LogP contribution in [0.1, 0.15) is 32.1 Å². The molecule has 6 nitrogen and oxygen atoms in total. The van der Waals surface area contributed by atoms with Gasteiger partial charge in [-0.25, -0.2) is 4.79 Å². The SMILES string of the molecule is O=C(O)C(F)(F)F.c1cncc(OC2COC3(CCN(CC4CCC4)C3)C2)c1. The van der Waals surface area contributed by atoms with Crippen LogP contribution in [-0.2, 0) is 9.53 Å². The third-order valence-electron chi connectivity index (χ3n) is 5.49. The van der Waals surface area contributed by atoms with Crippen molar-refractivity contribution in [3.63, 3.8) is 0 Å². The largest absolute Gasteiger partial charge is 0.490 e. The maximum atomic E-state index is 10.6. The van der Waals surface area contributed by atoms with E-state index in [0.717, 1.165) is 31.1 Å². The predicted molar refractivity (Wildman–Crippen MR) is 94.0 cm³/mol. The van der Waals surface area contributed by atoms with Crippen molar-refractivity contribution in [2.45, 2.75) is 50.0 Å². The first-order valence-electron chi connectivity index (χ1n) is 9.49. The van der Waals surface area contributed by atoms with Gasteiger partial charge in [0.15, 0.2) is 0 Å². The van der Waals surface area contributed by atoms with E-state index in [1.54, 1.807) is 12.4 Å². The number of alkyl halides is 3. The van der Waals surface area contributed by atoms with Crippen molar-refractivity contribution in [2.24, 2.45) is 5.92 Å². The molecule has 2 aliphatic heterocycles. The van der Waals surface area contributed by atoms with Crippen molar-refractivity contribution in [1.82, 2.24) is 9.88 Å². The summed E-state index contributed by atoms with van der Waals surface area (Å²) in [4.78, 5) is 15.6. The first kappa shape index (κ1) is 20.9. The van der Waals surface area contributed by atoms with E-state index < -0.39 is 12.1 Å². The molecule has 4 rings (SSSR count). The first-order chi connectivity index (χ1) is 13.3. The highest BCUT2D eigenvalue weighted by Crippen LogP contribution is 2.38. The van der Waals surface area contributed by atoms with Gasteiger partial charge in [0.1, 0.15) is 11.9 Å². The maximum absolute atomic E-state index is 10.6. The second-order valence-corrected chi connectivity index (χ2v) is 7.71. The number of hydrogen-bond acceptors (Lipinski definition) is 5. The summed E-state index contributed by atoms with van der Waals surface area (Å²) >= 11 is 0. The lowest BCUT2D eigenvalue weighted by Gasteiger charge is -2.31. The van der Waals surface area contributed by atoms with Crippen molar-refractivity contribution >= 4 is 5.97 Å². The van der Waals surface area contributed by atoms with Crippen LogP contribution in [-0.4, -0.2) is 65.1 Å². The monoisotopic (exact) mass is 402 g/mol. The zero-order chi connectivity index (χ0) is 20.2. The van der Waals surface area contributed by atoms with Gasteiger partial charge >= 0.3 is 12.1 Å². The average Bonchev–Trinajstić information content (AvgIpc) is 3.18. The molecule has 1 aromatic rings. The zero-order valence-electron chi connectivity index (χ0n) is 15.5. The number of nitrogens with zero attached hydrogens (tertiary/aromatic N) is 2. The molecule has 0 amide bonds. The van der Waals surface area contributed by atoms with Crippen molar-refractivity contribution in [3.8, 4) is 5.75 Å². The van der Waals surface area contributed by atoms with Crippen LogP contribution in [0.2, 0.25) is 0 Å². The number of rotatable bonds is 4. The van der Waals surface area contributed by atoms with Gasteiger partial charge in [-0.1, -0.05) is 6.42 Å². The molecule has 1 aromatic heterocycles. The zero-order valence-corrected chi connectivity index (χ0v) is 15.5. The van der Waals surface area contributed by atoms with Crippen molar-refractivity contribution in [3.05, 3.63) is 24.5 Å². The molecule has 1 N–H and O–H groups in total. The van der Waals surface area contributed by atoms with Crippen molar-refractivity contribution in [1.29, 1.82) is 0 Å². The Kier molecular flexibility index (Phi) is 6.44. The smallest absolute Gasteiger partial charge is 0.486 e. The Bertz CT molecular complexity index is 654. The molecule has 2 atom stereocenters. The van der Waals surface area contributed by atoms with E-state index >= 15 is 0 Å². The molecule has 156 valence electrons. The van der Waals surface area contributed by atoms with Gasteiger partial charge in [-0.05, 0) is 37.3 Å². The lowest BCUT2D eigenvalue weighted by atomic mass is 9.85. The molecule has 9 heteroatoms. The van der Waals surface area contributed by atoms with Crippen LogP contribution in [0.15, 0.2) is 24.5 Å². The molecular weight excluding hydrogens is 377 g/mol. The summed E-state index contributed by atoms with van der Waals surface area (Å²) in [5.74, 6) is -0.955. The fourth-order valence-corrected chi connectivity index (χ4v) is 3.90. The lowest BCUT2D eigenvalue weighted by Crippen LogP contribution is -2.36. The van der Waals surface area contributed by atoms with E-state index in [9.17, 15) is 13.2 Å². The predicted octanol–water partition coefficient (Wildman–Crippen LogP) is 3.13. The molecule has 1 spiro atoms. The highest BCUT2D eigenvalue weighted by molar-refractivity contribution is 5.73. The fraction of sp³-hybridized carbons (Fsp3) is 0.684. The molecule has 3 heterocycles. The number of halogens is 3. The van der Waals surface area contributed by atoms with E-state index in [1.165, 1.54) is 32.4 Å². The van der Waals surface area contributed by atoms with Crippen LogP contribution in [0, 0.1) is 5.92 Å². The topological polar surface area (TPSA) is 71.9 Å². The Hall–Kier alpha value is -1.87. The normalized spacial score (nSPS) is 27.9. The Balaban J connectivity index is 0.000000279. The van der Waals surface area contributed by atoms with Gasteiger partial charge in [0.2, 0.25) is 0 Å². The number of likely N-dealkylation sites (tertiary alicyclic amines) is 1. The molecule has 0 radical (unpaired) electrons. The van der Waals surface area contributed by atoms with E-state index in [1.807, 2.05) is 12.1 Å². The average molecular weight is 402 g/mol. The van der Waals surface area contributed by atoms with Crippen LogP contribution >= 0.6 is 0 Å². The number of aliphatic carboxylic acids is 1. The van der Waals surface area contributed by atoms with Gasteiger partial charge in [-0.3, -0.25) is 4.98 Å². The van der Waals surface area contributed by atoms with E-state index in [4.69, 9.17) is 19.4 Å². The fourth-order valence-electron chi connectivity index (χ4n) is 3.90. The molecule has 1 saturated carbocycles. The van der Waals surface area contributed by atoms with Crippen molar-refractivity contribution < 1.29 is 32.5 Å². The van der Waals surface area contributed by atoms with Gasteiger partial charge in [-0.15, -0.1) is 0 Å². The minimum Gasteiger partial charge on any atom is -0.486 e. The van der Waals surface area contributed by atoms with Crippen LogP contribution < -0.4 is 4.74 Å². The standard InChI is InChI=1S/C17H24N2O2.C2HF3O2/c1-3-14(4-1)11-19-8-6-17(13-19)9-16(12-20-17)21-15-5-2-7-18-10-15;3-2(4,5)1(6)7/h2,5,7,10,14,16H,1,3-4,6,8-9,11-13H2;(H,6,7). The molecule has 1 aliphatic carbocycles. The molecule has 2 unspecified atom stereocenters. The number of pyridine rings is 1. The van der Waals surface area contributed by atoms with Gasteiger partial charge in [0.25, 0.3) is 0 Å². The Morgan fingerprint density at radius 3 is 2.75 bits per heavy atom. The van der Waals surface area contributed by atoms with E-state index in [0.29, 0.717) is 6.61 Å². The Labute approximate surface area is 161 Å². The summed E-state index contributed by atoms with van der Waals surface area (Å²) in [6.07, 6.45) is 5.11. The van der Waals surface area contributed by atoms with E-state index in [-0.39, 0.29) is 11.7 Å². The maximum Gasteiger partial charge on any atom is 0.490 e. The van der Waals surface area contributed by atoms with Crippen LogP contribution in [0.4, 0.5) is 13.2 Å². The Morgan fingerprint density at radius 1 is 1.43 bits per heavy atom. The van der Waals surface area contributed by atoms with Crippen LogP contribution in [0.5, 0.6) is 5.75 Å². The highest BCUT2D eigenvalue weighted by atomic mass is 19.4. The van der Waals surface area contributed by atoms with Gasteiger partial charge < -0.3 is 19.5 Å². The molecule has 28 heavy (non-hydrogen) atoms. The summed E-state index contributed by atoms with van der Waals surface area (Å²) in [5.41, 5.74) is 0.0522. The molecule has 0 bridgehead atoms. The van der Waals surface area contributed by atoms with Gasteiger partial charge in [-0.2, -0.15) is 13.2 Å². The number of carboxylic acid groups (broad SMARTS) is 1. The summed E-state index contributed by atoms with van der Waals surface area (Å²) in [7, 11) is 0. The van der Waals surface area contributed by atoms with Gasteiger partial charge in [0.05, 0.1) is 18.4 Å². The quantitative estimate of drug-likeness (QED) is 0.834. The third-order valence-corrected chi connectivity index (χ3v) is 5.49. The first-order valence-corrected chi connectivity index (χ1v) is 9.49. The minimum atomic E-state index is -5.08. The van der Waals surface area contributed by atoms with Crippen LogP contribution in [0.3, 0.4) is 0 Å². The number of hydrogen-bond donors (Lipinski definition) is 1. The highest BCUT2D eigenvalue weighted by Gasteiger charge is 2.46. The summed E-state index contributed by atoms with van der Waals surface area (Å²) < 4.78 is 43.9. The summed E-state index contributed by atoms with van der Waals surface area (Å²) in [6.45, 7) is 4.28. The third kappa shape index (κ3) is 5.57. The second-order valence-electron chi connectivity index (χ2n) is 7.71. The van der Waals surface area contributed by atoms with Crippen molar-refractivity contribution in [2.75, 3.05) is 26.2 Å². The number of aromatic nitrogens is 1. The van der Waals surface area contributed by atoms with Gasteiger partial charge in [0, 0.05) is 32.3 Å². The lowest BCUT2D eigenvalue weighted by molar-refractivity contribution is -0.192. The van der Waals surface area contributed by atoms with E-state index in [2.05, 4.69) is 9.88 Å².